The molecule has 0 saturated heterocycles. The van der Waals surface area contributed by atoms with E-state index in [9.17, 15) is 8.42 Å². The summed E-state index contributed by atoms with van der Waals surface area (Å²) in [6.07, 6.45) is 2.88. The van der Waals surface area contributed by atoms with Crippen molar-refractivity contribution < 1.29 is 12.9 Å². The molecule has 7 heteroatoms. The van der Waals surface area contributed by atoms with Crippen molar-refractivity contribution in [2.24, 2.45) is 5.14 Å². The van der Waals surface area contributed by atoms with Crippen LogP contribution in [0.15, 0.2) is 34.0 Å². The molecular weight excluding hydrogens is 230 g/mol. The van der Waals surface area contributed by atoms with Gasteiger partial charge in [0, 0.05) is 11.8 Å². The number of aromatic nitrogens is 2. The number of aryl methyl sites for hydroxylation is 1. The maximum atomic E-state index is 11.3. The summed E-state index contributed by atoms with van der Waals surface area (Å²) >= 11 is 0. The molecule has 2 aromatic rings. The quantitative estimate of drug-likeness (QED) is 0.831. The molecule has 0 fully saturated rings. The fourth-order valence-corrected chi connectivity index (χ4v) is 2.00. The highest BCUT2D eigenvalue weighted by molar-refractivity contribution is 7.89. The Bertz CT molecular complexity index is 618. The predicted molar refractivity (Wildman–Crippen MR) is 55.8 cm³/mol. The smallest absolute Gasteiger partial charge is 0.240 e. The van der Waals surface area contributed by atoms with Crippen LogP contribution >= 0.6 is 0 Å². The third-order valence-electron chi connectivity index (χ3n) is 2.05. The highest BCUT2D eigenvalue weighted by Gasteiger charge is 2.19. The second-order valence-corrected chi connectivity index (χ2v) is 4.77. The number of primary sulfonamides is 1. The van der Waals surface area contributed by atoms with E-state index in [2.05, 4.69) is 10.1 Å². The van der Waals surface area contributed by atoms with Crippen LogP contribution in [0.1, 0.15) is 5.56 Å². The van der Waals surface area contributed by atoms with E-state index in [1.807, 2.05) is 0 Å². The van der Waals surface area contributed by atoms with Crippen LogP contribution in [0, 0.1) is 6.92 Å². The molecule has 0 amide bonds. The Morgan fingerprint density at radius 2 is 2.12 bits per heavy atom. The normalized spacial score (nSPS) is 11.6. The Morgan fingerprint density at radius 3 is 2.69 bits per heavy atom. The molecule has 0 bridgehead atoms. The second kappa shape index (κ2) is 3.69. The minimum absolute atomic E-state index is 0.0630. The molecule has 0 aliphatic heterocycles. The van der Waals surface area contributed by atoms with E-state index in [4.69, 9.17) is 9.66 Å². The molecule has 84 valence electrons. The summed E-state index contributed by atoms with van der Waals surface area (Å²) in [4.78, 5) is 3.90. The van der Waals surface area contributed by atoms with Crippen molar-refractivity contribution in [1.29, 1.82) is 0 Å². The van der Waals surface area contributed by atoms with E-state index in [-0.39, 0.29) is 10.6 Å². The Kier molecular flexibility index (Phi) is 2.49. The van der Waals surface area contributed by atoms with Gasteiger partial charge in [0.2, 0.25) is 10.0 Å². The Hall–Kier alpha value is -1.73. The number of nitrogens with zero attached hydrogens (tertiary/aromatic N) is 2. The van der Waals surface area contributed by atoms with Gasteiger partial charge in [0.1, 0.15) is 22.5 Å². The highest BCUT2D eigenvalue weighted by Crippen LogP contribution is 2.25. The minimum atomic E-state index is -3.82. The molecule has 0 saturated carbocycles. The standard InChI is InChI=1S/C9H9N3O3S/c1-6-5-15-12-8(6)9-7(16(10,13)14)3-2-4-11-9/h2-5H,1H3,(H2,10,13,14). The lowest BCUT2D eigenvalue weighted by atomic mass is 10.2. The average molecular weight is 239 g/mol. The van der Waals surface area contributed by atoms with Crippen molar-refractivity contribution in [3.8, 4) is 11.4 Å². The van der Waals surface area contributed by atoms with Crippen LogP contribution in [0.4, 0.5) is 0 Å². The zero-order valence-corrected chi connectivity index (χ0v) is 9.23. The lowest BCUT2D eigenvalue weighted by molar-refractivity contribution is 0.421. The number of hydrogen-bond acceptors (Lipinski definition) is 5. The summed E-state index contributed by atoms with van der Waals surface area (Å²) in [6.45, 7) is 1.74. The first-order valence-electron chi connectivity index (χ1n) is 4.39. The molecule has 0 atom stereocenters. The fourth-order valence-electron chi connectivity index (χ4n) is 1.31. The minimum Gasteiger partial charge on any atom is -0.364 e. The lowest BCUT2D eigenvalue weighted by Crippen LogP contribution is -2.14. The summed E-state index contributed by atoms with van der Waals surface area (Å²) in [5.74, 6) is 0. The number of nitrogens with two attached hydrogens (primary N) is 1. The van der Waals surface area contributed by atoms with Crippen molar-refractivity contribution in [2.75, 3.05) is 0 Å². The van der Waals surface area contributed by atoms with Crippen molar-refractivity contribution >= 4 is 10.0 Å². The van der Waals surface area contributed by atoms with Crippen LogP contribution in [0.25, 0.3) is 11.4 Å². The molecule has 0 aliphatic rings. The van der Waals surface area contributed by atoms with Crippen molar-refractivity contribution in [3.63, 3.8) is 0 Å². The molecular formula is C9H9N3O3S. The van der Waals surface area contributed by atoms with Gasteiger partial charge in [-0.15, -0.1) is 0 Å². The molecule has 0 aliphatic carbocycles. The van der Waals surface area contributed by atoms with E-state index in [0.717, 1.165) is 0 Å². The van der Waals surface area contributed by atoms with Crippen LogP contribution in [0.3, 0.4) is 0 Å². The summed E-state index contributed by atoms with van der Waals surface area (Å²) in [7, 11) is -3.82. The van der Waals surface area contributed by atoms with Gasteiger partial charge in [-0.2, -0.15) is 0 Å². The zero-order valence-electron chi connectivity index (χ0n) is 8.41. The maximum Gasteiger partial charge on any atom is 0.240 e. The molecule has 2 heterocycles. The van der Waals surface area contributed by atoms with Crippen molar-refractivity contribution in [2.45, 2.75) is 11.8 Å². The Labute approximate surface area is 92.1 Å². The van der Waals surface area contributed by atoms with Gasteiger partial charge in [-0.05, 0) is 19.1 Å². The predicted octanol–water partition coefficient (Wildman–Crippen LogP) is 0.692. The van der Waals surface area contributed by atoms with E-state index >= 15 is 0 Å². The van der Waals surface area contributed by atoms with Crippen LogP contribution in [-0.4, -0.2) is 18.6 Å². The van der Waals surface area contributed by atoms with Crippen LogP contribution in [0.5, 0.6) is 0 Å². The largest absolute Gasteiger partial charge is 0.364 e. The monoisotopic (exact) mass is 239 g/mol. The Balaban J connectivity index is 2.72. The van der Waals surface area contributed by atoms with Gasteiger partial charge in [0.15, 0.2) is 0 Å². The van der Waals surface area contributed by atoms with Gasteiger partial charge >= 0.3 is 0 Å². The zero-order chi connectivity index (χ0) is 11.8. The summed E-state index contributed by atoms with van der Waals surface area (Å²) < 4.78 is 27.4. The van der Waals surface area contributed by atoms with Crippen LogP contribution in [0.2, 0.25) is 0 Å². The van der Waals surface area contributed by atoms with Gasteiger partial charge < -0.3 is 4.52 Å². The average Bonchev–Trinajstić information content (AvgIpc) is 2.63. The molecule has 0 spiro atoms. The third-order valence-corrected chi connectivity index (χ3v) is 2.99. The number of rotatable bonds is 2. The topological polar surface area (TPSA) is 99.1 Å². The molecule has 16 heavy (non-hydrogen) atoms. The lowest BCUT2D eigenvalue weighted by Gasteiger charge is -2.03. The van der Waals surface area contributed by atoms with E-state index in [0.29, 0.717) is 11.3 Å². The SMILES string of the molecule is Cc1conc1-c1ncccc1S(N)(=O)=O. The van der Waals surface area contributed by atoms with Crippen molar-refractivity contribution in [3.05, 3.63) is 30.2 Å². The summed E-state index contributed by atoms with van der Waals surface area (Å²) in [5.41, 5.74) is 1.28. The van der Waals surface area contributed by atoms with Gasteiger partial charge in [-0.1, -0.05) is 5.16 Å². The molecule has 2 rings (SSSR count). The molecule has 2 N–H and O–H groups in total. The summed E-state index contributed by atoms with van der Waals surface area (Å²) in [6, 6.07) is 2.88. The van der Waals surface area contributed by atoms with E-state index in [1.165, 1.54) is 24.6 Å². The van der Waals surface area contributed by atoms with Gasteiger partial charge in [-0.25, -0.2) is 13.6 Å². The number of sulfonamides is 1. The number of pyridine rings is 1. The molecule has 0 aromatic carbocycles. The van der Waals surface area contributed by atoms with Gasteiger partial charge in [0.05, 0.1) is 0 Å². The summed E-state index contributed by atoms with van der Waals surface area (Å²) in [5, 5.41) is 8.79. The first-order chi connectivity index (χ1) is 7.50. The Morgan fingerprint density at radius 1 is 1.38 bits per heavy atom. The van der Waals surface area contributed by atoms with Crippen LogP contribution in [-0.2, 0) is 10.0 Å². The molecule has 0 unspecified atom stereocenters. The molecule has 2 aromatic heterocycles. The van der Waals surface area contributed by atoms with Crippen molar-refractivity contribution in [1.82, 2.24) is 10.1 Å². The highest BCUT2D eigenvalue weighted by atomic mass is 32.2. The third kappa shape index (κ3) is 1.82. The maximum absolute atomic E-state index is 11.3. The second-order valence-electron chi connectivity index (χ2n) is 3.24. The van der Waals surface area contributed by atoms with Gasteiger partial charge in [0.25, 0.3) is 0 Å². The van der Waals surface area contributed by atoms with Gasteiger partial charge in [-0.3, -0.25) is 4.98 Å². The molecule has 0 radical (unpaired) electrons. The van der Waals surface area contributed by atoms with E-state index < -0.39 is 10.0 Å². The molecule has 6 nitrogen and oxygen atoms in total. The first kappa shape index (κ1) is 10.8. The first-order valence-corrected chi connectivity index (χ1v) is 5.94. The van der Waals surface area contributed by atoms with E-state index in [1.54, 1.807) is 6.92 Å². The number of hydrogen-bond donors (Lipinski definition) is 1. The fraction of sp³-hybridized carbons (Fsp3) is 0.111. The van der Waals surface area contributed by atoms with Crippen LogP contribution < -0.4 is 5.14 Å².